The first kappa shape index (κ1) is 6.23. The van der Waals surface area contributed by atoms with Gasteiger partial charge < -0.3 is 9.47 Å². The highest BCUT2D eigenvalue weighted by molar-refractivity contribution is 4.98. The Morgan fingerprint density at radius 3 is 3.20 bits per heavy atom. The van der Waals surface area contributed by atoms with Crippen LogP contribution in [0.2, 0.25) is 0 Å². The van der Waals surface area contributed by atoms with Gasteiger partial charge >= 0.3 is 0 Å². The van der Waals surface area contributed by atoms with Gasteiger partial charge in [-0.1, -0.05) is 13.0 Å². The molecule has 1 aliphatic carbocycles. The minimum Gasteiger partial charge on any atom is -0.468 e. The SMILES string of the molecule is C=COC12CCCCC1O2. The lowest BCUT2D eigenvalue weighted by atomic mass is 9.98. The second-order valence-electron chi connectivity index (χ2n) is 2.95. The lowest BCUT2D eigenvalue weighted by Gasteiger charge is -2.15. The van der Waals surface area contributed by atoms with E-state index in [1.165, 1.54) is 19.1 Å². The first-order valence-corrected chi connectivity index (χ1v) is 3.84. The van der Waals surface area contributed by atoms with E-state index in [4.69, 9.17) is 9.47 Å². The van der Waals surface area contributed by atoms with Crippen LogP contribution in [0.25, 0.3) is 0 Å². The molecule has 2 fully saturated rings. The molecule has 2 nitrogen and oxygen atoms in total. The molecule has 56 valence electrons. The van der Waals surface area contributed by atoms with E-state index >= 15 is 0 Å². The summed E-state index contributed by atoms with van der Waals surface area (Å²) in [7, 11) is 0. The second-order valence-corrected chi connectivity index (χ2v) is 2.95. The minimum atomic E-state index is -0.222. The lowest BCUT2D eigenvalue weighted by molar-refractivity contribution is 0.00928. The fraction of sp³-hybridized carbons (Fsp3) is 0.750. The summed E-state index contributed by atoms with van der Waals surface area (Å²) in [6.07, 6.45) is 6.58. The quantitative estimate of drug-likeness (QED) is 0.431. The topological polar surface area (TPSA) is 21.8 Å². The Labute approximate surface area is 60.8 Å². The van der Waals surface area contributed by atoms with Crippen molar-refractivity contribution in [3.05, 3.63) is 12.8 Å². The molecule has 10 heavy (non-hydrogen) atoms. The fourth-order valence-electron chi connectivity index (χ4n) is 1.71. The maximum Gasteiger partial charge on any atom is 0.236 e. The van der Waals surface area contributed by atoms with Crippen LogP contribution >= 0.6 is 0 Å². The van der Waals surface area contributed by atoms with Gasteiger partial charge in [0.1, 0.15) is 6.10 Å². The monoisotopic (exact) mass is 140 g/mol. The third-order valence-electron chi connectivity index (χ3n) is 2.30. The average molecular weight is 140 g/mol. The van der Waals surface area contributed by atoms with Crippen LogP contribution in [-0.4, -0.2) is 11.9 Å². The Hall–Kier alpha value is -0.500. The summed E-state index contributed by atoms with van der Waals surface area (Å²) in [5, 5.41) is 0. The lowest BCUT2D eigenvalue weighted by Crippen LogP contribution is -2.20. The van der Waals surface area contributed by atoms with Gasteiger partial charge in [-0.25, -0.2) is 0 Å². The van der Waals surface area contributed by atoms with E-state index in [0.29, 0.717) is 6.10 Å². The summed E-state index contributed by atoms with van der Waals surface area (Å²) in [6, 6.07) is 0. The smallest absolute Gasteiger partial charge is 0.236 e. The second kappa shape index (κ2) is 1.99. The zero-order valence-corrected chi connectivity index (χ0v) is 6.01. The number of fused-ring (bicyclic) bond motifs is 1. The molecule has 1 saturated heterocycles. The van der Waals surface area contributed by atoms with Crippen LogP contribution in [0.1, 0.15) is 25.7 Å². The van der Waals surface area contributed by atoms with Crippen LogP contribution < -0.4 is 0 Å². The highest BCUT2D eigenvalue weighted by atomic mass is 16.8. The van der Waals surface area contributed by atoms with Gasteiger partial charge in [-0.05, 0) is 12.8 Å². The summed E-state index contributed by atoms with van der Waals surface area (Å²) in [6.45, 7) is 3.52. The van der Waals surface area contributed by atoms with Crippen LogP contribution in [-0.2, 0) is 9.47 Å². The molecule has 0 spiro atoms. The molecule has 1 aliphatic heterocycles. The molecule has 0 aromatic heterocycles. The van der Waals surface area contributed by atoms with E-state index in [1.807, 2.05) is 0 Å². The number of epoxide rings is 1. The molecule has 1 saturated carbocycles. The first-order chi connectivity index (χ1) is 4.87. The highest BCUT2D eigenvalue weighted by Gasteiger charge is 2.59. The summed E-state index contributed by atoms with van der Waals surface area (Å²) in [5.41, 5.74) is 0. The molecule has 2 rings (SSSR count). The Kier molecular flexibility index (Phi) is 1.24. The van der Waals surface area contributed by atoms with Gasteiger partial charge in [0.15, 0.2) is 0 Å². The van der Waals surface area contributed by atoms with Crippen molar-refractivity contribution in [2.75, 3.05) is 0 Å². The van der Waals surface area contributed by atoms with Crippen LogP contribution in [0.3, 0.4) is 0 Å². The molecule has 0 aromatic carbocycles. The highest BCUT2D eigenvalue weighted by Crippen LogP contribution is 2.48. The zero-order valence-electron chi connectivity index (χ0n) is 6.01. The molecule has 2 unspecified atom stereocenters. The van der Waals surface area contributed by atoms with Gasteiger partial charge in [0, 0.05) is 6.42 Å². The summed E-state index contributed by atoms with van der Waals surface area (Å²) < 4.78 is 10.7. The van der Waals surface area contributed by atoms with E-state index in [9.17, 15) is 0 Å². The Morgan fingerprint density at radius 2 is 2.50 bits per heavy atom. The van der Waals surface area contributed by atoms with E-state index in [1.54, 1.807) is 0 Å². The molecule has 0 amide bonds. The number of ether oxygens (including phenoxy) is 2. The van der Waals surface area contributed by atoms with Gasteiger partial charge in [0.05, 0.1) is 6.26 Å². The number of hydrogen-bond donors (Lipinski definition) is 0. The number of rotatable bonds is 2. The van der Waals surface area contributed by atoms with Crippen molar-refractivity contribution in [2.45, 2.75) is 37.6 Å². The van der Waals surface area contributed by atoms with Crippen molar-refractivity contribution in [2.24, 2.45) is 0 Å². The maximum absolute atomic E-state index is 5.41. The van der Waals surface area contributed by atoms with E-state index in [2.05, 4.69) is 6.58 Å². The van der Waals surface area contributed by atoms with Crippen molar-refractivity contribution in [1.82, 2.24) is 0 Å². The van der Waals surface area contributed by atoms with Crippen LogP contribution in [0.4, 0.5) is 0 Å². The Morgan fingerprint density at radius 1 is 1.60 bits per heavy atom. The number of hydrogen-bond acceptors (Lipinski definition) is 2. The zero-order chi connectivity index (χ0) is 7.03. The van der Waals surface area contributed by atoms with Gasteiger partial charge in [0.2, 0.25) is 5.79 Å². The standard InChI is InChI=1S/C8H12O2/c1-2-9-8-6-4-3-5-7(8)10-8/h2,7H,1,3-6H2. The van der Waals surface area contributed by atoms with Crippen LogP contribution in [0.15, 0.2) is 12.8 Å². The summed E-state index contributed by atoms with van der Waals surface area (Å²) in [5.74, 6) is -0.222. The van der Waals surface area contributed by atoms with Crippen LogP contribution in [0, 0.1) is 0 Å². The minimum absolute atomic E-state index is 0.222. The van der Waals surface area contributed by atoms with Crippen LogP contribution in [0.5, 0.6) is 0 Å². The van der Waals surface area contributed by atoms with Gasteiger partial charge in [-0.2, -0.15) is 0 Å². The predicted molar refractivity (Wildman–Crippen MR) is 37.4 cm³/mol. The van der Waals surface area contributed by atoms with Crippen molar-refractivity contribution >= 4 is 0 Å². The van der Waals surface area contributed by atoms with Crippen molar-refractivity contribution in [3.8, 4) is 0 Å². The fourth-order valence-corrected chi connectivity index (χ4v) is 1.71. The van der Waals surface area contributed by atoms with Crippen molar-refractivity contribution < 1.29 is 9.47 Å². The van der Waals surface area contributed by atoms with Gasteiger partial charge in [0.25, 0.3) is 0 Å². The molecule has 0 radical (unpaired) electrons. The Bertz CT molecular complexity index is 155. The summed E-state index contributed by atoms with van der Waals surface area (Å²) in [4.78, 5) is 0. The molecule has 0 N–H and O–H groups in total. The van der Waals surface area contributed by atoms with Crippen molar-refractivity contribution in [1.29, 1.82) is 0 Å². The molecular weight excluding hydrogens is 128 g/mol. The summed E-state index contributed by atoms with van der Waals surface area (Å²) >= 11 is 0. The third-order valence-corrected chi connectivity index (χ3v) is 2.30. The Balaban J connectivity index is 1.98. The third kappa shape index (κ3) is 0.754. The largest absolute Gasteiger partial charge is 0.468 e. The van der Waals surface area contributed by atoms with E-state index < -0.39 is 0 Å². The van der Waals surface area contributed by atoms with E-state index in [0.717, 1.165) is 12.8 Å². The normalized spacial score (nSPS) is 43.8. The molecule has 0 bridgehead atoms. The van der Waals surface area contributed by atoms with Gasteiger partial charge in [-0.3, -0.25) is 0 Å². The van der Waals surface area contributed by atoms with Gasteiger partial charge in [-0.15, -0.1) is 0 Å². The molecule has 2 heteroatoms. The molecular formula is C8H12O2. The van der Waals surface area contributed by atoms with E-state index in [-0.39, 0.29) is 5.79 Å². The molecule has 2 aliphatic rings. The first-order valence-electron chi connectivity index (χ1n) is 3.84. The molecule has 2 atom stereocenters. The molecule has 1 heterocycles. The maximum atomic E-state index is 5.41. The molecule has 0 aromatic rings. The van der Waals surface area contributed by atoms with Crippen molar-refractivity contribution in [3.63, 3.8) is 0 Å². The average Bonchev–Trinajstić information content (AvgIpc) is 2.62. The predicted octanol–water partition coefficient (Wildman–Crippen LogP) is 1.82.